The van der Waals surface area contributed by atoms with Crippen molar-refractivity contribution in [1.29, 1.82) is 0 Å². The van der Waals surface area contributed by atoms with Gasteiger partial charge in [-0.05, 0) is 45.6 Å². The minimum Gasteiger partial charge on any atom is -0.361 e. The van der Waals surface area contributed by atoms with Gasteiger partial charge in [0.2, 0.25) is 0 Å². The zero-order valence-electron chi connectivity index (χ0n) is 13.2. The first-order valence-electron chi connectivity index (χ1n) is 7.03. The molecule has 0 fully saturated rings. The van der Waals surface area contributed by atoms with Crippen LogP contribution in [0.1, 0.15) is 33.4 Å². The van der Waals surface area contributed by atoms with Crippen LogP contribution >= 0.6 is 0 Å². The van der Waals surface area contributed by atoms with E-state index in [0.29, 0.717) is 23.6 Å². The first-order valence-corrected chi connectivity index (χ1v) is 7.03. The second-order valence-corrected chi connectivity index (χ2v) is 5.44. The monoisotopic (exact) mass is 305 g/mol. The smallest absolute Gasteiger partial charge is 0.256 e. The fourth-order valence-electron chi connectivity index (χ4n) is 2.37. The first-order chi connectivity index (χ1) is 10.4. The number of aromatic nitrogens is 1. The van der Waals surface area contributed by atoms with Crippen LogP contribution in [0.2, 0.25) is 0 Å². The maximum absolute atomic E-state index is 13.0. The molecule has 0 saturated heterocycles. The van der Waals surface area contributed by atoms with Crippen LogP contribution in [0.25, 0.3) is 0 Å². The molecular formula is C16H20FN3O2. The molecule has 0 spiro atoms. The molecule has 0 aliphatic carbocycles. The number of carbonyl (C=O) groups is 1. The maximum atomic E-state index is 13.0. The van der Waals surface area contributed by atoms with Gasteiger partial charge >= 0.3 is 0 Å². The SMILES string of the molecule is Cc1noc(C)c1C(=O)NC[C@@H](c1ccc(F)cc1)N(C)C. The lowest BCUT2D eigenvalue weighted by Gasteiger charge is -2.25. The number of rotatable bonds is 5. The Balaban J connectivity index is 2.10. The zero-order valence-corrected chi connectivity index (χ0v) is 13.2. The topological polar surface area (TPSA) is 58.4 Å². The molecule has 0 saturated carbocycles. The van der Waals surface area contributed by atoms with E-state index in [9.17, 15) is 9.18 Å². The minimum atomic E-state index is -0.277. The van der Waals surface area contributed by atoms with Crippen molar-refractivity contribution in [3.05, 3.63) is 52.7 Å². The van der Waals surface area contributed by atoms with Crippen LogP contribution < -0.4 is 5.32 Å². The van der Waals surface area contributed by atoms with Crippen LogP contribution in [0.15, 0.2) is 28.8 Å². The molecule has 1 aromatic heterocycles. The quantitative estimate of drug-likeness (QED) is 0.922. The van der Waals surface area contributed by atoms with E-state index in [0.717, 1.165) is 5.56 Å². The van der Waals surface area contributed by atoms with E-state index in [2.05, 4.69) is 10.5 Å². The molecule has 0 aliphatic rings. The fourth-order valence-corrected chi connectivity index (χ4v) is 2.37. The number of amides is 1. The summed E-state index contributed by atoms with van der Waals surface area (Å²) in [5.41, 5.74) is 1.97. The van der Waals surface area contributed by atoms with E-state index in [4.69, 9.17) is 4.52 Å². The third-order valence-electron chi connectivity index (χ3n) is 3.59. The highest BCUT2D eigenvalue weighted by Gasteiger charge is 2.20. The summed E-state index contributed by atoms with van der Waals surface area (Å²) in [5.74, 6) is 0.00408. The van der Waals surface area contributed by atoms with Crippen molar-refractivity contribution in [3.8, 4) is 0 Å². The Labute approximate surface area is 129 Å². The molecule has 22 heavy (non-hydrogen) atoms. The second-order valence-electron chi connectivity index (χ2n) is 5.44. The molecule has 2 rings (SSSR count). The van der Waals surface area contributed by atoms with Crippen molar-refractivity contribution in [2.45, 2.75) is 19.9 Å². The number of hydrogen-bond acceptors (Lipinski definition) is 4. The normalized spacial score (nSPS) is 12.5. The van der Waals surface area contributed by atoms with Gasteiger partial charge in [0.05, 0.1) is 11.7 Å². The molecule has 118 valence electrons. The Bertz CT molecular complexity index is 630. The minimum absolute atomic E-state index is 0.0509. The van der Waals surface area contributed by atoms with Crippen molar-refractivity contribution in [2.75, 3.05) is 20.6 Å². The van der Waals surface area contributed by atoms with E-state index in [-0.39, 0.29) is 17.8 Å². The lowest BCUT2D eigenvalue weighted by atomic mass is 10.1. The Hall–Kier alpha value is -2.21. The van der Waals surface area contributed by atoms with Gasteiger partial charge in [0.1, 0.15) is 17.1 Å². The van der Waals surface area contributed by atoms with Crippen molar-refractivity contribution in [2.24, 2.45) is 0 Å². The number of carbonyl (C=O) groups excluding carboxylic acids is 1. The van der Waals surface area contributed by atoms with Crippen LogP contribution in [0.5, 0.6) is 0 Å². The number of benzene rings is 1. The number of likely N-dealkylation sites (N-methyl/N-ethyl adjacent to an activating group) is 1. The summed E-state index contributed by atoms with van der Waals surface area (Å²) in [7, 11) is 3.83. The molecule has 0 unspecified atom stereocenters. The standard InChI is InChI=1S/C16H20FN3O2/c1-10-15(11(2)22-19-10)16(21)18-9-14(20(3)4)12-5-7-13(17)8-6-12/h5-8,14H,9H2,1-4H3,(H,18,21)/t14-/m0/s1. The van der Waals surface area contributed by atoms with Gasteiger partial charge in [-0.25, -0.2) is 4.39 Å². The second kappa shape index (κ2) is 6.70. The predicted molar refractivity (Wildman–Crippen MR) is 81.1 cm³/mol. The summed E-state index contributed by atoms with van der Waals surface area (Å²) in [6.45, 7) is 3.84. The van der Waals surface area contributed by atoms with Crippen molar-refractivity contribution in [1.82, 2.24) is 15.4 Å². The van der Waals surface area contributed by atoms with E-state index in [1.165, 1.54) is 12.1 Å². The molecule has 1 N–H and O–H groups in total. The summed E-state index contributed by atoms with van der Waals surface area (Å²) in [4.78, 5) is 14.2. The summed E-state index contributed by atoms with van der Waals surface area (Å²) < 4.78 is 18.0. The average Bonchev–Trinajstić information content (AvgIpc) is 2.80. The Morgan fingerprint density at radius 3 is 2.45 bits per heavy atom. The lowest BCUT2D eigenvalue weighted by molar-refractivity contribution is 0.0940. The predicted octanol–water partition coefficient (Wildman–Crippen LogP) is 2.46. The fraction of sp³-hybridized carbons (Fsp3) is 0.375. The van der Waals surface area contributed by atoms with Crippen molar-refractivity contribution >= 4 is 5.91 Å². The number of hydrogen-bond donors (Lipinski definition) is 1. The van der Waals surface area contributed by atoms with E-state index < -0.39 is 0 Å². The highest BCUT2D eigenvalue weighted by Crippen LogP contribution is 2.18. The highest BCUT2D eigenvalue weighted by molar-refractivity contribution is 5.96. The highest BCUT2D eigenvalue weighted by atomic mass is 19.1. The summed E-state index contributed by atoms with van der Waals surface area (Å²) in [5, 5.41) is 6.67. The van der Waals surface area contributed by atoms with Crippen LogP contribution in [-0.4, -0.2) is 36.6 Å². The van der Waals surface area contributed by atoms with E-state index in [1.54, 1.807) is 26.0 Å². The number of nitrogens with one attached hydrogen (secondary N) is 1. The van der Waals surface area contributed by atoms with Crippen LogP contribution in [0.3, 0.4) is 0 Å². The van der Waals surface area contributed by atoms with Crippen LogP contribution in [-0.2, 0) is 0 Å². The zero-order chi connectivity index (χ0) is 16.3. The van der Waals surface area contributed by atoms with Gasteiger partial charge in [-0.1, -0.05) is 17.3 Å². The summed E-state index contributed by atoms with van der Waals surface area (Å²) in [6.07, 6.45) is 0. The van der Waals surface area contributed by atoms with Gasteiger partial charge in [-0.2, -0.15) is 0 Å². The van der Waals surface area contributed by atoms with Crippen molar-refractivity contribution in [3.63, 3.8) is 0 Å². The third-order valence-corrected chi connectivity index (χ3v) is 3.59. The molecule has 1 heterocycles. The number of halogens is 1. The summed E-state index contributed by atoms with van der Waals surface area (Å²) >= 11 is 0. The molecule has 2 aromatic rings. The molecule has 5 nitrogen and oxygen atoms in total. The Morgan fingerprint density at radius 2 is 1.95 bits per heavy atom. The summed E-state index contributed by atoms with van der Waals surface area (Å²) in [6, 6.07) is 6.23. The number of nitrogens with zero attached hydrogens (tertiary/aromatic N) is 2. The van der Waals surface area contributed by atoms with Gasteiger partial charge in [0.15, 0.2) is 0 Å². The molecule has 0 radical (unpaired) electrons. The Morgan fingerprint density at radius 1 is 1.32 bits per heavy atom. The third kappa shape index (κ3) is 3.51. The van der Waals surface area contributed by atoms with Crippen molar-refractivity contribution < 1.29 is 13.7 Å². The number of aryl methyl sites for hydroxylation is 2. The molecular weight excluding hydrogens is 285 g/mol. The largest absolute Gasteiger partial charge is 0.361 e. The molecule has 6 heteroatoms. The van der Waals surface area contributed by atoms with E-state index in [1.807, 2.05) is 19.0 Å². The molecule has 1 aromatic carbocycles. The first kappa shape index (κ1) is 16.2. The average molecular weight is 305 g/mol. The maximum Gasteiger partial charge on any atom is 0.256 e. The Kier molecular flexibility index (Phi) is 4.92. The molecule has 0 bridgehead atoms. The van der Waals surface area contributed by atoms with E-state index >= 15 is 0 Å². The van der Waals surface area contributed by atoms with Gasteiger partial charge < -0.3 is 14.7 Å². The molecule has 1 atom stereocenters. The van der Waals surface area contributed by atoms with Gasteiger partial charge in [0.25, 0.3) is 5.91 Å². The van der Waals surface area contributed by atoms with Crippen LogP contribution in [0, 0.1) is 19.7 Å². The molecule has 1 amide bonds. The van der Waals surface area contributed by atoms with Gasteiger partial charge in [0, 0.05) is 6.54 Å². The van der Waals surface area contributed by atoms with Gasteiger partial charge in [-0.3, -0.25) is 4.79 Å². The van der Waals surface area contributed by atoms with Gasteiger partial charge in [-0.15, -0.1) is 0 Å². The van der Waals surface area contributed by atoms with Crippen LogP contribution in [0.4, 0.5) is 4.39 Å². The lowest BCUT2D eigenvalue weighted by Crippen LogP contribution is -2.34. The molecule has 0 aliphatic heterocycles.